The number of hydrogen-bond donors (Lipinski definition) is 0. The van der Waals surface area contributed by atoms with Crippen molar-refractivity contribution < 1.29 is 4.42 Å². The van der Waals surface area contributed by atoms with Gasteiger partial charge in [-0.05, 0) is 47.5 Å². The minimum absolute atomic E-state index is 0.672. The summed E-state index contributed by atoms with van der Waals surface area (Å²) in [6.45, 7) is 0. The van der Waals surface area contributed by atoms with E-state index in [1.807, 2.05) is 36.4 Å². The topological polar surface area (TPSA) is 51.8 Å². The Bertz CT molecular complexity index is 2890. The van der Waals surface area contributed by atoms with E-state index in [1.54, 1.807) is 0 Å². The highest BCUT2D eigenvalue weighted by Gasteiger charge is 2.18. The summed E-state index contributed by atoms with van der Waals surface area (Å²) in [4.78, 5) is 15.6. The zero-order valence-corrected chi connectivity index (χ0v) is 26.3. The molecule has 228 valence electrons. The van der Waals surface area contributed by atoms with Gasteiger partial charge >= 0.3 is 0 Å². The molecule has 0 unspecified atom stereocenters. The van der Waals surface area contributed by atoms with Crippen molar-refractivity contribution in [2.75, 3.05) is 0 Å². The molecule has 0 atom stereocenters. The molecule has 3 heterocycles. The first-order chi connectivity index (χ1) is 24.3. The summed E-state index contributed by atoms with van der Waals surface area (Å²) in [5.41, 5.74) is 10.7. The second-order valence-corrected chi connectivity index (χ2v) is 12.4. The molecule has 0 aliphatic rings. The first-order valence-corrected chi connectivity index (χ1v) is 16.4. The molecule has 4 heteroatoms. The summed E-state index contributed by atoms with van der Waals surface area (Å²) < 4.78 is 6.54. The number of aromatic nitrogens is 3. The Hall–Kier alpha value is -6.65. The molecule has 10 rings (SSSR count). The number of para-hydroxylation sites is 3. The average Bonchev–Trinajstić information content (AvgIpc) is 3.56. The van der Waals surface area contributed by atoms with Gasteiger partial charge in [-0.3, -0.25) is 0 Å². The molecule has 0 radical (unpaired) electrons. The van der Waals surface area contributed by atoms with Gasteiger partial charge in [0, 0.05) is 49.0 Å². The van der Waals surface area contributed by atoms with Crippen LogP contribution in [0.15, 0.2) is 168 Å². The first-order valence-electron chi connectivity index (χ1n) is 16.4. The molecule has 7 aromatic carbocycles. The Morgan fingerprint density at radius 3 is 1.73 bits per heavy atom. The van der Waals surface area contributed by atoms with Gasteiger partial charge in [0.1, 0.15) is 11.2 Å². The van der Waals surface area contributed by atoms with E-state index in [0.29, 0.717) is 5.82 Å². The Morgan fingerprint density at radius 2 is 0.918 bits per heavy atom. The monoisotopic (exact) mass is 625 g/mol. The smallest absolute Gasteiger partial charge is 0.160 e. The molecule has 0 N–H and O–H groups in total. The van der Waals surface area contributed by atoms with E-state index in [4.69, 9.17) is 19.4 Å². The summed E-state index contributed by atoms with van der Waals surface area (Å²) >= 11 is 0. The van der Waals surface area contributed by atoms with Gasteiger partial charge in [-0.25, -0.2) is 15.0 Å². The lowest BCUT2D eigenvalue weighted by atomic mass is 9.97. The second kappa shape index (κ2) is 11.0. The van der Waals surface area contributed by atoms with Gasteiger partial charge in [0.25, 0.3) is 0 Å². The SMILES string of the molecule is c1ccc(-c2cccc(-c3nc(-c4cccc(-c5nc6ccccc6c6c5ccc5c7ccccc7oc56)c4)nc4ccccc34)c2)cc1. The summed E-state index contributed by atoms with van der Waals surface area (Å²) in [6, 6.07) is 56.6. The molecule has 0 saturated heterocycles. The molecule has 0 saturated carbocycles. The predicted octanol–water partition coefficient (Wildman–Crippen LogP) is 11.9. The lowest BCUT2D eigenvalue weighted by molar-refractivity contribution is 0.673. The van der Waals surface area contributed by atoms with Gasteiger partial charge in [0.15, 0.2) is 5.82 Å². The summed E-state index contributed by atoms with van der Waals surface area (Å²) in [7, 11) is 0. The average molecular weight is 626 g/mol. The zero-order chi connectivity index (χ0) is 32.3. The van der Waals surface area contributed by atoms with E-state index in [-0.39, 0.29) is 0 Å². The number of pyridine rings is 1. The highest BCUT2D eigenvalue weighted by atomic mass is 16.3. The molecule has 0 bridgehead atoms. The maximum absolute atomic E-state index is 6.54. The van der Waals surface area contributed by atoms with Crippen LogP contribution in [0.3, 0.4) is 0 Å². The number of rotatable bonds is 4. The van der Waals surface area contributed by atoms with Crippen molar-refractivity contribution in [2.24, 2.45) is 0 Å². The van der Waals surface area contributed by atoms with Crippen LogP contribution in [0.5, 0.6) is 0 Å². The third-order valence-electron chi connectivity index (χ3n) is 9.45. The maximum atomic E-state index is 6.54. The summed E-state index contributed by atoms with van der Waals surface area (Å²) in [5, 5.41) is 6.42. The summed E-state index contributed by atoms with van der Waals surface area (Å²) in [5.74, 6) is 0.672. The largest absolute Gasteiger partial charge is 0.455 e. The van der Waals surface area contributed by atoms with Crippen molar-refractivity contribution in [3.05, 3.63) is 164 Å². The van der Waals surface area contributed by atoms with Crippen molar-refractivity contribution in [2.45, 2.75) is 0 Å². The van der Waals surface area contributed by atoms with Crippen molar-refractivity contribution in [3.8, 4) is 45.0 Å². The van der Waals surface area contributed by atoms with E-state index in [1.165, 1.54) is 5.56 Å². The molecule has 0 spiro atoms. The van der Waals surface area contributed by atoms with Gasteiger partial charge in [-0.2, -0.15) is 0 Å². The lowest BCUT2D eigenvalue weighted by Gasteiger charge is -2.13. The normalized spacial score (nSPS) is 11.7. The fraction of sp³-hybridized carbons (Fsp3) is 0. The molecule has 4 nitrogen and oxygen atoms in total. The van der Waals surface area contributed by atoms with Gasteiger partial charge < -0.3 is 4.42 Å². The maximum Gasteiger partial charge on any atom is 0.160 e. The molecule has 0 amide bonds. The van der Waals surface area contributed by atoms with Crippen LogP contribution in [0, 0.1) is 0 Å². The van der Waals surface area contributed by atoms with Gasteiger partial charge in [0.2, 0.25) is 0 Å². The second-order valence-electron chi connectivity index (χ2n) is 12.4. The van der Waals surface area contributed by atoms with E-state index in [2.05, 4.69) is 127 Å². The van der Waals surface area contributed by atoms with Crippen LogP contribution in [-0.4, -0.2) is 15.0 Å². The standard InChI is InChI=1S/C45H27N3O/c1-2-12-28(13-3-1)29-14-10-15-30(26-29)42-36-20-5-8-22-39(36)47-45(48-42)32-17-11-16-31(27-32)43-37-25-24-34-33-18-6-9-23-40(33)49-44(34)41(37)35-19-4-7-21-38(35)46-43/h1-27H. The fourth-order valence-electron chi connectivity index (χ4n) is 7.14. The van der Waals surface area contributed by atoms with Crippen molar-refractivity contribution in [3.63, 3.8) is 0 Å². The van der Waals surface area contributed by atoms with Crippen LogP contribution < -0.4 is 0 Å². The van der Waals surface area contributed by atoms with Crippen LogP contribution in [-0.2, 0) is 0 Å². The molecular weight excluding hydrogens is 599 g/mol. The third-order valence-corrected chi connectivity index (χ3v) is 9.45. The van der Waals surface area contributed by atoms with Crippen LogP contribution >= 0.6 is 0 Å². The van der Waals surface area contributed by atoms with Crippen LogP contribution in [0.25, 0.3) is 99.5 Å². The van der Waals surface area contributed by atoms with Gasteiger partial charge in [0.05, 0.1) is 22.4 Å². The van der Waals surface area contributed by atoms with Crippen LogP contribution in [0.1, 0.15) is 0 Å². The number of benzene rings is 7. The van der Waals surface area contributed by atoms with Crippen molar-refractivity contribution >= 4 is 54.5 Å². The number of hydrogen-bond acceptors (Lipinski definition) is 4. The molecule has 0 aliphatic carbocycles. The Kier molecular flexibility index (Phi) is 6.15. The fourth-order valence-corrected chi connectivity index (χ4v) is 7.14. The minimum atomic E-state index is 0.672. The summed E-state index contributed by atoms with van der Waals surface area (Å²) in [6.07, 6.45) is 0. The van der Waals surface area contributed by atoms with E-state index >= 15 is 0 Å². The highest BCUT2D eigenvalue weighted by molar-refractivity contribution is 6.24. The number of furan rings is 1. The molecule has 0 aliphatic heterocycles. The Balaban J connectivity index is 1.17. The zero-order valence-electron chi connectivity index (χ0n) is 26.3. The molecule has 3 aromatic heterocycles. The molecule has 49 heavy (non-hydrogen) atoms. The van der Waals surface area contributed by atoms with Crippen LogP contribution in [0.2, 0.25) is 0 Å². The highest BCUT2D eigenvalue weighted by Crippen LogP contribution is 2.41. The molecule has 0 fully saturated rings. The van der Waals surface area contributed by atoms with E-state index in [9.17, 15) is 0 Å². The number of fused-ring (bicyclic) bond motifs is 8. The molecular formula is C45H27N3O. The predicted molar refractivity (Wildman–Crippen MR) is 201 cm³/mol. The molecule has 10 aromatic rings. The van der Waals surface area contributed by atoms with Crippen LogP contribution in [0.4, 0.5) is 0 Å². The number of nitrogens with zero attached hydrogens (tertiary/aromatic N) is 3. The minimum Gasteiger partial charge on any atom is -0.455 e. The van der Waals surface area contributed by atoms with Gasteiger partial charge in [-0.1, -0.05) is 127 Å². The lowest BCUT2D eigenvalue weighted by Crippen LogP contribution is -1.96. The van der Waals surface area contributed by atoms with Crippen molar-refractivity contribution in [1.29, 1.82) is 0 Å². The quantitative estimate of drug-likeness (QED) is 0.183. The Morgan fingerprint density at radius 1 is 0.347 bits per heavy atom. The Labute approximate surface area is 282 Å². The van der Waals surface area contributed by atoms with E-state index in [0.717, 1.165) is 88.2 Å². The van der Waals surface area contributed by atoms with Gasteiger partial charge in [-0.15, -0.1) is 0 Å². The third kappa shape index (κ3) is 4.49. The van der Waals surface area contributed by atoms with Crippen molar-refractivity contribution in [1.82, 2.24) is 15.0 Å². The first kappa shape index (κ1) is 27.5. The van der Waals surface area contributed by atoms with E-state index < -0.39 is 0 Å².